The van der Waals surface area contributed by atoms with Crippen LogP contribution in [0.2, 0.25) is 0 Å². The Morgan fingerprint density at radius 1 is 1.30 bits per heavy atom. The van der Waals surface area contributed by atoms with Gasteiger partial charge in [-0.25, -0.2) is 0 Å². The lowest BCUT2D eigenvalue weighted by atomic mass is 9.97. The van der Waals surface area contributed by atoms with Gasteiger partial charge in [-0.05, 0) is 26.5 Å². The molecule has 0 radical (unpaired) electrons. The summed E-state index contributed by atoms with van der Waals surface area (Å²) in [6, 6.07) is 8.54. The summed E-state index contributed by atoms with van der Waals surface area (Å²) in [6.07, 6.45) is 0. The van der Waals surface area contributed by atoms with Crippen molar-refractivity contribution in [3.63, 3.8) is 0 Å². The maximum Gasteiger partial charge on any atom is 0.223 e. The molecule has 0 aliphatic heterocycles. The van der Waals surface area contributed by atoms with Crippen LogP contribution >= 0.6 is 0 Å². The quantitative estimate of drug-likeness (QED) is 0.832. The number of rotatable bonds is 6. The summed E-state index contributed by atoms with van der Waals surface area (Å²) >= 11 is 0. The van der Waals surface area contributed by atoms with Crippen LogP contribution in [0.5, 0.6) is 0 Å². The molecule has 3 unspecified atom stereocenters. The first-order valence-electron chi connectivity index (χ1n) is 7.10. The number of benzene rings is 1. The van der Waals surface area contributed by atoms with Crippen molar-refractivity contribution in [1.82, 2.24) is 10.2 Å². The molecule has 0 bridgehead atoms. The van der Waals surface area contributed by atoms with Crippen molar-refractivity contribution in [3.05, 3.63) is 35.4 Å². The maximum absolute atomic E-state index is 11.7. The van der Waals surface area contributed by atoms with Gasteiger partial charge in [-0.1, -0.05) is 36.8 Å². The number of amides is 1. The third-order valence-corrected chi connectivity index (χ3v) is 3.65. The summed E-state index contributed by atoms with van der Waals surface area (Å²) in [5.41, 5.74) is 8.58. The number of nitrogens with zero attached hydrogens (tertiary/aromatic N) is 1. The standard InChI is InChI=1S/C16H27N3O/c1-11-6-8-14(9-7-11)15(13(3)17)19(5)10-12(2)16(20)18-4/h6-9,12-13,15H,10,17H2,1-5H3,(H,18,20). The minimum Gasteiger partial charge on any atom is -0.359 e. The number of nitrogens with one attached hydrogen (secondary N) is 1. The van der Waals surface area contributed by atoms with Crippen molar-refractivity contribution in [2.24, 2.45) is 11.7 Å². The maximum atomic E-state index is 11.7. The second-order valence-corrected chi connectivity index (χ2v) is 5.67. The molecule has 4 nitrogen and oxygen atoms in total. The lowest BCUT2D eigenvalue weighted by Crippen LogP contribution is -2.41. The zero-order valence-electron chi connectivity index (χ0n) is 13.2. The normalized spacial score (nSPS) is 15.8. The van der Waals surface area contributed by atoms with Crippen LogP contribution < -0.4 is 11.1 Å². The summed E-state index contributed by atoms with van der Waals surface area (Å²) in [5, 5.41) is 2.69. The number of likely N-dealkylation sites (N-methyl/N-ethyl adjacent to an activating group) is 1. The predicted octanol–water partition coefficient (Wildman–Crippen LogP) is 1.70. The van der Waals surface area contributed by atoms with Crippen LogP contribution in [0.3, 0.4) is 0 Å². The molecular weight excluding hydrogens is 250 g/mol. The first-order valence-corrected chi connectivity index (χ1v) is 7.10. The fourth-order valence-electron chi connectivity index (χ4n) is 2.60. The van der Waals surface area contributed by atoms with Crippen LogP contribution in [0.4, 0.5) is 0 Å². The van der Waals surface area contributed by atoms with Crippen molar-refractivity contribution in [1.29, 1.82) is 0 Å². The van der Waals surface area contributed by atoms with Gasteiger partial charge in [-0.2, -0.15) is 0 Å². The van der Waals surface area contributed by atoms with E-state index in [1.165, 1.54) is 11.1 Å². The average Bonchev–Trinajstić information content (AvgIpc) is 2.39. The Hall–Kier alpha value is -1.39. The van der Waals surface area contributed by atoms with Crippen LogP contribution in [-0.4, -0.2) is 37.5 Å². The van der Waals surface area contributed by atoms with Gasteiger partial charge in [0.1, 0.15) is 0 Å². The van der Waals surface area contributed by atoms with Crippen LogP contribution in [0.15, 0.2) is 24.3 Å². The van der Waals surface area contributed by atoms with Crippen LogP contribution in [0.1, 0.15) is 31.0 Å². The van der Waals surface area contributed by atoms with E-state index >= 15 is 0 Å². The Labute approximate surface area is 122 Å². The first kappa shape index (κ1) is 16.7. The summed E-state index contributed by atoms with van der Waals surface area (Å²) in [4.78, 5) is 13.8. The first-order chi connectivity index (χ1) is 9.36. The second-order valence-electron chi connectivity index (χ2n) is 5.67. The number of hydrogen-bond donors (Lipinski definition) is 2. The Bertz CT molecular complexity index is 428. The van der Waals surface area contributed by atoms with Gasteiger partial charge in [-0.15, -0.1) is 0 Å². The minimum atomic E-state index is -0.0586. The van der Waals surface area contributed by atoms with Gasteiger partial charge in [-0.3, -0.25) is 9.69 Å². The van der Waals surface area contributed by atoms with Gasteiger partial charge in [0, 0.05) is 31.6 Å². The van der Waals surface area contributed by atoms with E-state index in [-0.39, 0.29) is 23.9 Å². The van der Waals surface area contributed by atoms with E-state index in [0.717, 1.165) is 0 Å². The second kappa shape index (κ2) is 7.41. The van der Waals surface area contributed by atoms with E-state index in [4.69, 9.17) is 5.73 Å². The summed E-state index contributed by atoms with van der Waals surface area (Å²) in [6.45, 7) is 6.69. The molecule has 1 aromatic carbocycles. The van der Waals surface area contributed by atoms with Crippen molar-refractivity contribution >= 4 is 5.91 Å². The third-order valence-electron chi connectivity index (χ3n) is 3.65. The fourth-order valence-corrected chi connectivity index (χ4v) is 2.60. The molecule has 0 aliphatic carbocycles. The number of hydrogen-bond acceptors (Lipinski definition) is 3. The molecule has 0 heterocycles. The molecule has 1 aromatic rings. The Kier molecular flexibility index (Phi) is 6.17. The molecule has 112 valence electrons. The zero-order valence-corrected chi connectivity index (χ0v) is 13.2. The molecule has 1 amide bonds. The lowest BCUT2D eigenvalue weighted by Gasteiger charge is -2.33. The van der Waals surface area contributed by atoms with Crippen molar-refractivity contribution in [3.8, 4) is 0 Å². The topological polar surface area (TPSA) is 58.4 Å². The van der Waals surface area contributed by atoms with E-state index in [1.54, 1.807) is 7.05 Å². The van der Waals surface area contributed by atoms with Crippen molar-refractivity contribution in [2.75, 3.05) is 20.6 Å². The SMILES string of the molecule is CNC(=O)C(C)CN(C)C(c1ccc(C)cc1)C(C)N. The Morgan fingerprint density at radius 2 is 1.85 bits per heavy atom. The monoisotopic (exact) mass is 277 g/mol. The van der Waals surface area contributed by atoms with Gasteiger partial charge in [0.15, 0.2) is 0 Å². The van der Waals surface area contributed by atoms with E-state index in [9.17, 15) is 4.79 Å². The highest BCUT2D eigenvalue weighted by Gasteiger charge is 2.24. The molecule has 0 aromatic heterocycles. The predicted molar refractivity (Wildman–Crippen MR) is 83.4 cm³/mol. The largest absolute Gasteiger partial charge is 0.359 e. The van der Waals surface area contributed by atoms with E-state index in [1.807, 2.05) is 20.9 Å². The molecule has 20 heavy (non-hydrogen) atoms. The minimum absolute atomic E-state index is 0.000376. The molecule has 0 fully saturated rings. The highest BCUT2D eigenvalue weighted by Crippen LogP contribution is 2.23. The van der Waals surface area contributed by atoms with E-state index in [2.05, 4.69) is 41.4 Å². The molecule has 0 spiro atoms. The molecule has 1 rings (SSSR count). The fraction of sp³-hybridized carbons (Fsp3) is 0.562. The van der Waals surface area contributed by atoms with Crippen LogP contribution in [0.25, 0.3) is 0 Å². The molecular formula is C16H27N3O. The molecule has 0 saturated heterocycles. The van der Waals surface area contributed by atoms with Gasteiger partial charge in [0.2, 0.25) is 5.91 Å². The van der Waals surface area contributed by atoms with Crippen LogP contribution in [-0.2, 0) is 4.79 Å². The summed E-state index contributed by atoms with van der Waals surface area (Å²) in [5.74, 6) is 0.000814. The number of nitrogens with two attached hydrogens (primary N) is 1. The highest BCUT2D eigenvalue weighted by molar-refractivity contribution is 5.78. The van der Waals surface area contributed by atoms with Gasteiger partial charge >= 0.3 is 0 Å². The van der Waals surface area contributed by atoms with Crippen LogP contribution in [0, 0.1) is 12.8 Å². The molecule has 3 atom stereocenters. The van der Waals surface area contributed by atoms with Crippen molar-refractivity contribution in [2.45, 2.75) is 32.9 Å². The number of aryl methyl sites for hydroxylation is 1. The average molecular weight is 277 g/mol. The molecule has 4 heteroatoms. The Balaban J connectivity index is 2.85. The third kappa shape index (κ3) is 4.32. The van der Waals surface area contributed by atoms with Gasteiger partial charge in [0.25, 0.3) is 0 Å². The number of carbonyl (C=O) groups excluding carboxylic acids is 1. The summed E-state index contributed by atoms with van der Waals surface area (Å²) < 4.78 is 0. The lowest BCUT2D eigenvalue weighted by molar-refractivity contribution is -0.124. The summed E-state index contributed by atoms with van der Waals surface area (Å²) in [7, 11) is 3.69. The molecule has 3 N–H and O–H groups in total. The highest BCUT2D eigenvalue weighted by atomic mass is 16.1. The van der Waals surface area contributed by atoms with E-state index in [0.29, 0.717) is 6.54 Å². The van der Waals surface area contributed by atoms with Crippen molar-refractivity contribution < 1.29 is 4.79 Å². The van der Waals surface area contributed by atoms with Gasteiger partial charge in [0.05, 0.1) is 0 Å². The van der Waals surface area contributed by atoms with Gasteiger partial charge < -0.3 is 11.1 Å². The number of carbonyl (C=O) groups is 1. The zero-order chi connectivity index (χ0) is 15.3. The molecule has 0 saturated carbocycles. The Morgan fingerprint density at radius 3 is 2.30 bits per heavy atom. The molecule has 0 aliphatic rings. The van der Waals surface area contributed by atoms with E-state index < -0.39 is 0 Å². The smallest absolute Gasteiger partial charge is 0.223 e.